The number of aliphatic hydroxyl groups excluding tert-OH is 1. The van der Waals surface area contributed by atoms with Crippen LogP contribution in [0.25, 0.3) is 0 Å². The van der Waals surface area contributed by atoms with Gasteiger partial charge in [0, 0.05) is 0 Å². The van der Waals surface area contributed by atoms with Gasteiger partial charge in [0.25, 0.3) is 0 Å². The summed E-state index contributed by atoms with van der Waals surface area (Å²) in [6.45, 7) is 2.26. The molecule has 16 heteroatoms. The lowest BCUT2D eigenvalue weighted by Crippen LogP contribution is -2.10. The van der Waals surface area contributed by atoms with E-state index in [4.69, 9.17) is 37.8 Å². The van der Waals surface area contributed by atoms with Crippen molar-refractivity contribution < 1.29 is 52.6 Å². The van der Waals surface area contributed by atoms with Gasteiger partial charge >= 0.3 is 25.7 Å². The van der Waals surface area contributed by atoms with Gasteiger partial charge in [0.05, 0.1) is 51.2 Å². The maximum absolute atomic E-state index is 11.4. The smallest absolute Gasteiger partial charge is 0.465 e. The highest BCUT2D eigenvalue weighted by molar-refractivity contribution is 7.46. The van der Waals surface area contributed by atoms with Gasteiger partial charge in [-0.3, -0.25) is 4.52 Å². The van der Waals surface area contributed by atoms with E-state index in [2.05, 4.69) is 24.8 Å². The number of ether oxygens (including phenoxy) is 3. The molecule has 0 aromatic heterocycles. The molecule has 0 amide bonds. The van der Waals surface area contributed by atoms with E-state index in [9.17, 15) is 18.9 Å². The van der Waals surface area contributed by atoms with E-state index in [1.54, 1.807) is 0 Å². The molecule has 0 saturated heterocycles. The molecule has 0 fully saturated rings. The number of nitrogens with two attached hydrogens (primary N) is 4. The number of phosphoric ester groups is 1. The van der Waals surface area contributed by atoms with Gasteiger partial charge in [-0.25, -0.2) is 18.9 Å². The van der Waals surface area contributed by atoms with E-state index in [0.29, 0.717) is 44.6 Å². The number of rotatable bonds is 15. The Bertz CT molecular complexity index is 1450. The minimum Gasteiger partial charge on any atom is -0.465 e. The Morgan fingerprint density at radius 2 is 0.820 bits per heavy atom. The topological polar surface area (TPSA) is 270 Å². The summed E-state index contributed by atoms with van der Waals surface area (Å²) in [5, 5.41) is 9.06. The Balaban J connectivity index is 0.000000378. The van der Waals surface area contributed by atoms with E-state index in [0.717, 1.165) is 29.5 Å². The second-order valence-electron chi connectivity index (χ2n) is 10.7. The summed E-state index contributed by atoms with van der Waals surface area (Å²) in [6, 6.07) is 15.6. The number of phosphoric acid groups is 1. The number of carbonyl (C=O) groups is 3. The van der Waals surface area contributed by atoms with Crippen molar-refractivity contribution >= 4 is 25.7 Å². The van der Waals surface area contributed by atoms with Crippen LogP contribution >= 0.6 is 7.82 Å². The van der Waals surface area contributed by atoms with Gasteiger partial charge in [-0.15, -0.1) is 0 Å². The van der Waals surface area contributed by atoms with Crippen molar-refractivity contribution in [1.82, 2.24) is 0 Å². The van der Waals surface area contributed by atoms with Gasteiger partial charge in [-0.2, -0.15) is 0 Å². The van der Waals surface area contributed by atoms with Crippen molar-refractivity contribution in [1.29, 1.82) is 0 Å². The molecule has 276 valence electrons. The van der Waals surface area contributed by atoms with Crippen LogP contribution in [0, 0.1) is 0 Å². The van der Waals surface area contributed by atoms with E-state index in [1.165, 1.54) is 50.7 Å². The molecule has 3 aromatic rings. The quantitative estimate of drug-likeness (QED) is 0.0666. The molecule has 0 saturated carbocycles. The summed E-state index contributed by atoms with van der Waals surface area (Å²) in [5.41, 5.74) is 28.3. The van der Waals surface area contributed by atoms with Gasteiger partial charge in [0.2, 0.25) is 0 Å². The van der Waals surface area contributed by atoms with Crippen LogP contribution in [0.1, 0.15) is 64.5 Å². The Morgan fingerprint density at radius 1 is 0.540 bits per heavy atom. The normalized spacial score (nSPS) is 10.6. The average molecular weight is 721 g/mol. The van der Waals surface area contributed by atoms with Crippen LogP contribution in [-0.2, 0) is 62.2 Å². The number of methoxy groups -OCH3 is 3. The first-order chi connectivity index (χ1) is 23.8. The van der Waals surface area contributed by atoms with Crippen LogP contribution in [-0.4, -0.2) is 80.3 Å². The first-order valence-electron chi connectivity index (χ1n) is 15.5. The number of carbonyl (C=O) groups excluding carboxylic acids is 3. The highest BCUT2D eigenvalue weighted by atomic mass is 31.2. The average Bonchev–Trinajstić information content (AvgIpc) is 3.10. The molecule has 0 spiro atoms. The molecule has 15 nitrogen and oxygen atoms in total. The summed E-state index contributed by atoms with van der Waals surface area (Å²) in [5.74, 6) is -1.98. The fourth-order valence-corrected chi connectivity index (χ4v) is 4.91. The lowest BCUT2D eigenvalue weighted by atomic mass is 10.0. The van der Waals surface area contributed by atoms with Crippen LogP contribution < -0.4 is 22.9 Å². The van der Waals surface area contributed by atoms with E-state index >= 15 is 0 Å². The minimum absolute atomic E-state index is 0.0702. The van der Waals surface area contributed by atoms with E-state index in [-0.39, 0.29) is 29.9 Å². The molecule has 3 aromatic carbocycles. The third-order valence-corrected chi connectivity index (χ3v) is 7.20. The molecule has 0 aliphatic rings. The third kappa shape index (κ3) is 16.6. The molecule has 3 rings (SSSR count). The van der Waals surface area contributed by atoms with Crippen LogP contribution in [0.4, 0.5) is 0 Å². The Morgan fingerprint density at radius 3 is 1.06 bits per heavy atom. The van der Waals surface area contributed by atoms with Crippen LogP contribution in [0.2, 0.25) is 0 Å². The SMILES string of the molecule is COC(=O)c1cc(C(=O)OC)cc(C(=O)OC)c1.NCCc1cc(CCN)cc(COP(=O)(O)O)c1.NCCc1cc(CO)cc(CCN)c1. The molecule has 0 heterocycles. The van der Waals surface area contributed by atoms with Crippen molar-refractivity contribution in [2.75, 3.05) is 47.5 Å². The second kappa shape index (κ2) is 23.4. The number of benzene rings is 3. The molecule has 0 unspecified atom stereocenters. The lowest BCUT2D eigenvalue weighted by molar-refractivity contribution is 0.0597. The highest BCUT2D eigenvalue weighted by Crippen LogP contribution is 2.37. The maximum Gasteiger partial charge on any atom is 0.469 e. The molecule has 0 bridgehead atoms. The van der Waals surface area contributed by atoms with E-state index < -0.39 is 25.7 Å². The molecular weight excluding hydrogens is 671 g/mol. The van der Waals surface area contributed by atoms with Crippen molar-refractivity contribution in [3.8, 4) is 0 Å². The van der Waals surface area contributed by atoms with Gasteiger partial charge < -0.3 is 52.0 Å². The molecular formula is C34H49N4O11P. The zero-order valence-electron chi connectivity index (χ0n) is 28.6. The zero-order chi connectivity index (χ0) is 37.7. The highest BCUT2D eigenvalue weighted by Gasteiger charge is 2.17. The van der Waals surface area contributed by atoms with Crippen LogP contribution in [0.5, 0.6) is 0 Å². The minimum atomic E-state index is -4.44. The summed E-state index contributed by atoms with van der Waals surface area (Å²) in [6.07, 6.45) is 3.12. The molecule has 50 heavy (non-hydrogen) atoms. The number of esters is 3. The molecule has 0 atom stereocenters. The standard InChI is InChI=1S/C12H12O6.C11H19N2O4P.C11H18N2O/c1-16-10(13)7-4-8(11(14)17-2)6-9(5-7)12(15)18-3;12-3-1-9-5-10(2-4-13)7-11(6-9)8-17-18(14,15)16;12-3-1-9-5-10(2-4-13)7-11(6-9)8-14/h4-6H,1-3H3;5-7H,1-4,8,12-13H2,(H2,14,15,16);5-7,14H,1-4,8,12-13H2. The fourth-order valence-electron chi connectivity index (χ4n) is 4.59. The summed E-state index contributed by atoms with van der Waals surface area (Å²) in [4.78, 5) is 51.6. The summed E-state index contributed by atoms with van der Waals surface area (Å²) >= 11 is 0. The predicted octanol–water partition coefficient (Wildman–Crippen LogP) is 1.53. The maximum atomic E-state index is 11.4. The Hall–Kier alpha value is -4.02. The first kappa shape index (κ1) is 44.0. The first-order valence-corrected chi connectivity index (χ1v) is 17.1. The monoisotopic (exact) mass is 720 g/mol. The number of hydrogen-bond acceptors (Lipinski definition) is 13. The fraction of sp³-hybridized carbons (Fsp3) is 0.382. The number of hydrogen-bond donors (Lipinski definition) is 7. The van der Waals surface area contributed by atoms with Gasteiger partial charge in [-0.05, 0) is 103 Å². The van der Waals surface area contributed by atoms with E-state index in [1.807, 2.05) is 30.3 Å². The van der Waals surface area contributed by atoms with Crippen molar-refractivity contribution in [3.63, 3.8) is 0 Å². The summed E-state index contributed by atoms with van der Waals surface area (Å²) < 4.78 is 28.7. The van der Waals surface area contributed by atoms with Crippen molar-refractivity contribution in [2.24, 2.45) is 22.9 Å². The van der Waals surface area contributed by atoms with Crippen molar-refractivity contribution in [3.05, 3.63) is 105 Å². The molecule has 11 N–H and O–H groups in total. The van der Waals surface area contributed by atoms with Gasteiger partial charge in [0.1, 0.15) is 0 Å². The Labute approximate surface area is 292 Å². The van der Waals surface area contributed by atoms with Gasteiger partial charge in [0.15, 0.2) is 0 Å². The molecule has 0 aliphatic heterocycles. The lowest BCUT2D eigenvalue weighted by Gasteiger charge is -2.10. The van der Waals surface area contributed by atoms with Crippen molar-refractivity contribution in [2.45, 2.75) is 38.9 Å². The zero-order valence-corrected chi connectivity index (χ0v) is 29.5. The van der Waals surface area contributed by atoms with Crippen LogP contribution in [0.3, 0.4) is 0 Å². The number of aliphatic hydroxyl groups is 1. The summed E-state index contributed by atoms with van der Waals surface area (Å²) in [7, 11) is -0.843. The largest absolute Gasteiger partial charge is 0.469 e. The third-order valence-electron chi connectivity index (χ3n) is 6.74. The second-order valence-corrected chi connectivity index (χ2v) is 11.9. The molecule has 0 radical (unpaired) electrons. The molecule has 0 aliphatic carbocycles. The predicted molar refractivity (Wildman–Crippen MR) is 187 cm³/mol. The Kier molecular flexibility index (Phi) is 20.6. The van der Waals surface area contributed by atoms with Gasteiger partial charge in [-0.1, -0.05) is 36.4 Å². The van der Waals surface area contributed by atoms with Crippen LogP contribution in [0.15, 0.2) is 54.6 Å².